The van der Waals surface area contributed by atoms with Crippen LogP contribution >= 0.6 is 22.7 Å². The smallest absolute Gasteiger partial charge is 0.258 e. The molecule has 140 valence electrons. The highest BCUT2D eigenvalue weighted by Crippen LogP contribution is 2.46. The summed E-state index contributed by atoms with van der Waals surface area (Å²) in [5, 5.41) is 12.5. The second-order valence-corrected chi connectivity index (χ2v) is 8.48. The van der Waals surface area contributed by atoms with Crippen LogP contribution in [0.25, 0.3) is 9.88 Å². The summed E-state index contributed by atoms with van der Waals surface area (Å²) in [7, 11) is 0. The van der Waals surface area contributed by atoms with E-state index < -0.39 is 23.3 Å². The lowest BCUT2D eigenvalue weighted by molar-refractivity contribution is 0.0964. The molecule has 0 saturated heterocycles. The third-order valence-electron chi connectivity index (χ3n) is 4.55. The first kappa shape index (κ1) is 17.9. The average Bonchev–Trinajstić information content (AvgIpc) is 3.27. The van der Waals surface area contributed by atoms with Crippen molar-refractivity contribution in [3.63, 3.8) is 0 Å². The quantitative estimate of drug-likeness (QED) is 0.653. The number of anilines is 1. The molecular formula is C17H15F2N5OS2. The zero-order valence-corrected chi connectivity index (χ0v) is 15.6. The topological polar surface area (TPSA) is 93.8 Å². The Balaban J connectivity index is 1.50. The summed E-state index contributed by atoms with van der Waals surface area (Å²) in [5.41, 5.74) is 4.85. The zero-order chi connectivity index (χ0) is 19.0. The van der Waals surface area contributed by atoms with Gasteiger partial charge in [-0.3, -0.25) is 9.78 Å². The molecule has 0 spiro atoms. The number of hydrogen-bond donors (Lipinski definition) is 2. The summed E-state index contributed by atoms with van der Waals surface area (Å²) in [4.78, 5) is 16.6. The molecule has 1 saturated carbocycles. The third-order valence-corrected chi connectivity index (χ3v) is 6.70. The molecule has 3 aromatic heterocycles. The molecule has 10 heteroatoms. The van der Waals surface area contributed by atoms with Gasteiger partial charge in [-0.2, -0.15) is 0 Å². The second kappa shape index (κ2) is 6.93. The van der Waals surface area contributed by atoms with Crippen molar-refractivity contribution < 1.29 is 13.6 Å². The number of amides is 1. The van der Waals surface area contributed by atoms with Crippen LogP contribution in [0, 0.1) is 5.82 Å². The van der Waals surface area contributed by atoms with Crippen molar-refractivity contribution in [3.8, 4) is 9.88 Å². The van der Waals surface area contributed by atoms with E-state index in [9.17, 15) is 13.6 Å². The monoisotopic (exact) mass is 407 g/mol. The number of rotatable bonds is 6. The van der Waals surface area contributed by atoms with Crippen LogP contribution in [0.1, 0.15) is 28.2 Å². The van der Waals surface area contributed by atoms with Crippen molar-refractivity contribution in [2.24, 2.45) is 5.73 Å². The van der Waals surface area contributed by atoms with Crippen LogP contribution in [0.15, 0.2) is 30.5 Å². The number of primary amides is 1. The molecule has 1 amide bonds. The second-order valence-electron chi connectivity index (χ2n) is 6.41. The number of halogens is 2. The highest BCUT2D eigenvalue weighted by Gasteiger charge is 2.48. The van der Waals surface area contributed by atoms with E-state index in [1.807, 2.05) is 0 Å². The number of carbonyl (C=O) groups excluding carboxylic acids is 1. The largest absolute Gasteiger partial charge is 0.365 e. The Morgan fingerprint density at radius 1 is 1.30 bits per heavy atom. The Labute approximate surface area is 161 Å². The molecule has 1 aliphatic rings. The molecule has 3 N–H and O–H groups in total. The number of pyridine rings is 1. The van der Waals surface area contributed by atoms with E-state index >= 15 is 0 Å². The summed E-state index contributed by atoms with van der Waals surface area (Å²) in [6, 6.07) is 6.26. The molecule has 0 bridgehead atoms. The summed E-state index contributed by atoms with van der Waals surface area (Å²) >= 11 is 2.55. The normalized spacial score (nSPS) is 21.6. The van der Waals surface area contributed by atoms with Gasteiger partial charge in [0.2, 0.25) is 5.13 Å². The van der Waals surface area contributed by atoms with Gasteiger partial charge in [0.1, 0.15) is 12.0 Å². The molecule has 3 heterocycles. The van der Waals surface area contributed by atoms with E-state index in [-0.39, 0.29) is 18.5 Å². The molecule has 6 nitrogen and oxygen atoms in total. The average molecular weight is 407 g/mol. The summed E-state index contributed by atoms with van der Waals surface area (Å²) < 4.78 is 27.8. The fourth-order valence-electron chi connectivity index (χ4n) is 3.21. The molecule has 0 unspecified atom stereocenters. The maximum absolute atomic E-state index is 14.2. The Bertz CT molecular complexity index is 983. The number of nitrogens with two attached hydrogens (primary N) is 1. The first-order valence-corrected chi connectivity index (χ1v) is 9.83. The van der Waals surface area contributed by atoms with Crippen LogP contribution < -0.4 is 11.1 Å². The van der Waals surface area contributed by atoms with E-state index in [0.717, 1.165) is 4.88 Å². The van der Waals surface area contributed by atoms with E-state index in [1.165, 1.54) is 41.0 Å². The number of nitrogens with zero attached hydrogens (tertiary/aromatic N) is 3. The first-order valence-electron chi connectivity index (χ1n) is 8.19. The molecule has 27 heavy (non-hydrogen) atoms. The number of alkyl halides is 1. The lowest BCUT2D eigenvalue weighted by Crippen LogP contribution is -2.48. The van der Waals surface area contributed by atoms with E-state index in [1.54, 1.807) is 12.1 Å². The van der Waals surface area contributed by atoms with Gasteiger partial charge < -0.3 is 11.1 Å². The van der Waals surface area contributed by atoms with Crippen LogP contribution in [0.5, 0.6) is 0 Å². The van der Waals surface area contributed by atoms with Gasteiger partial charge in [0.15, 0.2) is 5.01 Å². The van der Waals surface area contributed by atoms with Crippen LogP contribution in [0.3, 0.4) is 0 Å². The van der Waals surface area contributed by atoms with Crippen LogP contribution in [0.2, 0.25) is 0 Å². The zero-order valence-electron chi connectivity index (χ0n) is 14.0. The van der Waals surface area contributed by atoms with Gasteiger partial charge in [0.25, 0.3) is 5.91 Å². The van der Waals surface area contributed by atoms with E-state index in [2.05, 4.69) is 20.5 Å². The minimum Gasteiger partial charge on any atom is -0.365 e. The molecule has 4 rings (SSSR count). The Morgan fingerprint density at radius 2 is 2.11 bits per heavy atom. The predicted molar refractivity (Wildman–Crippen MR) is 100 cm³/mol. The maximum Gasteiger partial charge on any atom is 0.258 e. The Morgan fingerprint density at radius 3 is 2.78 bits per heavy atom. The molecule has 0 radical (unpaired) electrons. The van der Waals surface area contributed by atoms with Gasteiger partial charge in [0.05, 0.1) is 15.4 Å². The van der Waals surface area contributed by atoms with Crippen molar-refractivity contribution in [1.82, 2.24) is 15.2 Å². The minimum absolute atomic E-state index is 0.215. The van der Waals surface area contributed by atoms with Crippen molar-refractivity contribution in [2.45, 2.75) is 24.4 Å². The number of aromatic nitrogens is 3. The number of thiophene rings is 1. The lowest BCUT2D eigenvalue weighted by Gasteiger charge is -2.43. The molecular weight excluding hydrogens is 392 g/mol. The fourth-order valence-corrected chi connectivity index (χ4v) is 4.86. The number of nitrogens with one attached hydrogen (secondary N) is 1. The van der Waals surface area contributed by atoms with Crippen molar-refractivity contribution in [3.05, 3.63) is 46.9 Å². The lowest BCUT2D eigenvalue weighted by atomic mass is 9.65. The van der Waals surface area contributed by atoms with Crippen LogP contribution in [-0.4, -0.2) is 33.8 Å². The molecule has 0 aliphatic heterocycles. The molecule has 0 atom stereocenters. The molecule has 1 fully saturated rings. The predicted octanol–water partition coefficient (Wildman–Crippen LogP) is 3.38. The summed E-state index contributed by atoms with van der Waals surface area (Å²) in [5.74, 6) is -0.916. The number of carbonyl (C=O) groups is 1. The number of hydrogen-bond acceptors (Lipinski definition) is 7. The molecule has 1 aliphatic carbocycles. The van der Waals surface area contributed by atoms with E-state index in [4.69, 9.17) is 5.73 Å². The standard InChI is InChI=1S/C17H15F2N5OS2/c18-9-6-17(7-9,13-10(19)2-1-5-21-13)8-22-16-24-23-15(27-16)12-4-3-11(26-12)14(20)25/h1-5,9H,6-8H2,(H2,20,25)(H,22,24). The van der Waals surface area contributed by atoms with Crippen LogP contribution in [-0.2, 0) is 5.41 Å². The summed E-state index contributed by atoms with van der Waals surface area (Å²) in [6.45, 7) is 0.312. The van der Waals surface area contributed by atoms with Gasteiger partial charge in [-0.15, -0.1) is 21.5 Å². The van der Waals surface area contributed by atoms with Crippen molar-refractivity contribution in [2.75, 3.05) is 11.9 Å². The highest BCUT2D eigenvalue weighted by atomic mass is 32.1. The van der Waals surface area contributed by atoms with Gasteiger partial charge in [-0.1, -0.05) is 11.3 Å². The molecule has 0 aromatic carbocycles. The first-order chi connectivity index (χ1) is 13.0. The van der Waals surface area contributed by atoms with E-state index in [0.29, 0.717) is 21.6 Å². The van der Waals surface area contributed by atoms with Gasteiger partial charge >= 0.3 is 0 Å². The fraction of sp³-hybridized carbons (Fsp3) is 0.294. The van der Waals surface area contributed by atoms with Gasteiger partial charge in [0, 0.05) is 18.2 Å². The van der Waals surface area contributed by atoms with Gasteiger partial charge in [-0.05, 0) is 37.1 Å². The summed E-state index contributed by atoms with van der Waals surface area (Å²) in [6.07, 6.45) is 0.984. The van der Waals surface area contributed by atoms with Crippen molar-refractivity contribution in [1.29, 1.82) is 0 Å². The highest BCUT2D eigenvalue weighted by molar-refractivity contribution is 7.24. The minimum atomic E-state index is -0.962. The third kappa shape index (κ3) is 3.42. The SMILES string of the molecule is NC(=O)c1ccc(-c2nnc(NCC3(c4ncccc4F)CC(F)C3)s2)s1. The van der Waals surface area contributed by atoms with Crippen LogP contribution in [0.4, 0.5) is 13.9 Å². The molecule has 3 aromatic rings. The van der Waals surface area contributed by atoms with Crippen molar-refractivity contribution >= 4 is 33.7 Å². The maximum atomic E-state index is 14.2. The Hall–Kier alpha value is -2.46. The van der Waals surface area contributed by atoms with Gasteiger partial charge in [-0.25, -0.2) is 8.78 Å². The Kier molecular flexibility index (Phi) is 4.60.